The van der Waals surface area contributed by atoms with E-state index >= 15 is 0 Å². The topological polar surface area (TPSA) is 42.9 Å². The summed E-state index contributed by atoms with van der Waals surface area (Å²) in [6.45, 7) is 17.1. The molecule has 0 spiro atoms. The summed E-state index contributed by atoms with van der Waals surface area (Å²) in [5.74, 6) is 1.73. The van der Waals surface area contributed by atoms with Gasteiger partial charge in [-0.05, 0) is 71.9 Å². The average Bonchev–Trinajstić information content (AvgIpc) is 2.62. The standard InChI is InChI=1S/C20H41N5/c1-5-11-24-13-9-19(10-14-24)23-20(21-6-2)22-15-18-8-7-12-25(16-18)17(3)4/h17-19H,5-16H2,1-4H3,(H2,21,22,23). The fourth-order valence-electron chi connectivity index (χ4n) is 4.07. The largest absolute Gasteiger partial charge is 0.357 e. The van der Waals surface area contributed by atoms with Gasteiger partial charge in [0.1, 0.15) is 0 Å². The van der Waals surface area contributed by atoms with Gasteiger partial charge in [0.2, 0.25) is 0 Å². The normalized spacial score (nSPS) is 24.7. The van der Waals surface area contributed by atoms with E-state index in [1.54, 1.807) is 0 Å². The van der Waals surface area contributed by atoms with Crippen LogP contribution in [0.5, 0.6) is 0 Å². The van der Waals surface area contributed by atoms with Gasteiger partial charge in [-0.1, -0.05) is 6.92 Å². The third-order valence-corrected chi connectivity index (χ3v) is 5.60. The van der Waals surface area contributed by atoms with Crippen molar-refractivity contribution >= 4 is 5.96 Å². The summed E-state index contributed by atoms with van der Waals surface area (Å²) >= 11 is 0. The summed E-state index contributed by atoms with van der Waals surface area (Å²) in [5.41, 5.74) is 0. The third-order valence-electron chi connectivity index (χ3n) is 5.60. The Morgan fingerprint density at radius 1 is 1.12 bits per heavy atom. The molecule has 25 heavy (non-hydrogen) atoms. The number of likely N-dealkylation sites (tertiary alicyclic amines) is 2. The second kappa shape index (κ2) is 11.0. The summed E-state index contributed by atoms with van der Waals surface area (Å²) in [6, 6.07) is 1.23. The minimum Gasteiger partial charge on any atom is -0.357 e. The molecule has 0 aromatic carbocycles. The highest BCUT2D eigenvalue weighted by Crippen LogP contribution is 2.18. The number of nitrogens with one attached hydrogen (secondary N) is 2. The van der Waals surface area contributed by atoms with Crippen molar-refractivity contribution in [2.75, 3.05) is 45.8 Å². The Balaban J connectivity index is 1.80. The van der Waals surface area contributed by atoms with Gasteiger partial charge in [-0.2, -0.15) is 0 Å². The molecule has 0 amide bonds. The molecule has 0 radical (unpaired) electrons. The SMILES string of the molecule is CCCN1CCC(NC(=NCC2CCCN(C(C)C)C2)NCC)CC1. The number of guanidine groups is 1. The number of hydrogen-bond acceptors (Lipinski definition) is 3. The summed E-state index contributed by atoms with van der Waals surface area (Å²) in [4.78, 5) is 10.1. The van der Waals surface area contributed by atoms with Crippen LogP contribution in [0.1, 0.15) is 59.8 Å². The van der Waals surface area contributed by atoms with E-state index in [0.717, 1.165) is 19.0 Å². The first-order valence-electron chi connectivity index (χ1n) is 10.6. The van der Waals surface area contributed by atoms with Gasteiger partial charge in [-0.3, -0.25) is 4.99 Å². The minimum absolute atomic E-state index is 0.574. The highest BCUT2D eigenvalue weighted by molar-refractivity contribution is 5.80. The maximum Gasteiger partial charge on any atom is 0.191 e. The molecule has 2 N–H and O–H groups in total. The maximum atomic E-state index is 4.93. The van der Waals surface area contributed by atoms with Gasteiger partial charge in [-0.25, -0.2) is 0 Å². The molecule has 146 valence electrons. The van der Waals surface area contributed by atoms with Crippen LogP contribution in [0.25, 0.3) is 0 Å². The second-order valence-electron chi connectivity index (χ2n) is 8.08. The van der Waals surface area contributed by atoms with Crippen molar-refractivity contribution < 1.29 is 0 Å². The highest BCUT2D eigenvalue weighted by atomic mass is 15.2. The smallest absolute Gasteiger partial charge is 0.191 e. The lowest BCUT2D eigenvalue weighted by molar-refractivity contribution is 0.143. The zero-order valence-corrected chi connectivity index (χ0v) is 17.1. The lowest BCUT2D eigenvalue weighted by Crippen LogP contribution is -2.49. The van der Waals surface area contributed by atoms with Crippen LogP contribution >= 0.6 is 0 Å². The molecular weight excluding hydrogens is 310 g/mol. The van der Waals surface area contributed by atoms with Gasteiger partial charge >= 0.3 is 0 Å². The number of piperidine rings is 2. The predicted molar refractivity (Wildman–Crippen MR) is 108 cm³/mol. The lowest BCUT2D eigenvalue weighted by Gasteiger charge is -2.35. The Kier molecular flexibility index (Phi) is 9.04. The van der Waals surface area contributed by atoms with Crippen molar-refractivity contribution in [1.29, 1.82) is 0 Å². The molecule has 2 rings (SSSR count). The molecule has 2 saturated heterocycles. The van der Waals surface area contributed by atoms with Crippen molar-refractivity contribution in [2.45, 2.75) is 71.9 Å². The zero-order valence-electron chi connectivity index (χ0n) is 17.1. The molecule has 0 aromatic heterocycles. The molecule has 5 heteroatoms. The first kappa shape index (κ1) is 20.5. The van der Waals surface area contributed by atoms with Gasteiger partial charge in [0.15, 0.2) is 5.96 Å². The van der Waals surface area contributed by atoms with E-state index in [1.165, 1.54) is 64.8 Å². The van der Waals surface area contributed by atoms with Crippen LogP contribution in [0.15, 0.2) is 4.99 Å². The average molecular weight is 352 g/mol. The van der Waals surface area contributed by atoms with Gasteiger partial charge in [0.25, 0.3) is 0 Å². The van der Waals surface area contributed by atoms with Crippen LogP contribution in [-0.4, -0.2) is 73.7 Å². The van der Waals surface area contributed by atoms with Crippen molar-refractivity contribution in [3.8, 4) is 0 Å². The first-order valence-corrected chi connectivity index (χ1v) is 10.6. The van der Waals surface area contributed by atoms with Gasteiger partial charge in [0, 0.05) is 44.8 Å². The Labute approximate surface area is 155 Å². The summed E-state index contributed by atoms with van der Waals surface area (Å²) in [6.07, 6.45) is 6.36. The van der Waals surface area contributed by atoms with Crippen LogP contribution in [0.2, 0.25) is 0 Å². The van der Waals surface area contributed by atoms with Crippen LogP contribution in [-0.2, 0) is 0 Å². The number of rotatable bonds is 7. The van der Waals surface area contributed by atoms with Crippen LogP contribution in [0.4, 0.5) is 0 Å². The quantitative estimate of drug-likeness (QED) is 0.546. The van der Waals surface area contributed by atoms with Crippen molar-refractivity contribution in [3.05, 3.63) is 0 Å². The number of hydrogen-bond donors (Lipinski definition) is 2. The molecule has 2 fully saturated rings. The lowest BCUT2D eigenvalue weighted by atomic mass is 9.97. The molecule has 0 bridgehead atoms. The highest BCUT2D eigenvalue weighted by Gasteiger charge is 2.22. The Hall–Kier alpha value is -0.810. The maximum absolute atomic E-state index is 4.93. The fraction of sp³-hybridized carbons (Fsp3) is 0.950. The second-order valence-corrected chi connectivity index (χ2v) is 8.08. The van der Waals surface area contributed by atoms with E-state index < -0.39 is 0 Å². The van der Waals surface area contributed by atoms with Gasteiger partial charge in [-0.15, -0.1) is 0 Å². The van der Waals surface area contributed by atoms with E-state index in [2.05, 4.69) is 48.1 Å². The van der Waals surface area contributed by atoms with Gasteiger partial charge < -0.3 is 20.4 Å². The molecule has 0 aliphatic carbocycles. The predicted octanol–water partition coefficient (Wildman–Crippen LogP) is 2.54. The van der Waals surface area contributed by atoms with E-state index in [0.29, 0.717) is 18.0 Å². The summed E-state index contributed by atoms with van der Waals surface area (Å²) in [5, 5.41) is 7.14. The van der Waals surface area contributed by atoms with Crippen molar-refractivity contribution in [3.63, 3.8) is 0 Å². The summed E-state index contributed by atoms with van der Waals surface area (Å²) < 4.78 is 0. The molecule has 2 aliphatic heterocycles. The van der Waals surface area contributed by atoms with Crippen LogP contribution in [0.3, 0.4) is 0 Å². The Morgan fingerprint density at radius 3 is 2.52 bits per heavy atom. The van der Waals surface area contributed by atoms with Gasteiger partial charge in [0.05, 0.1) is 0 Å². The van der Waals surface area contributed by atoms with E-state index in [-0.39, 0.29) is 0 Å². The molecule has 1 unspecified atom stereocenters. The summed E-state index contributed by atoms with van der Waals surface area (Å²) in [7, 11) is 0. The van der Waals surface area contributed by atoms with E-state index in [9.17, 15) is 0 Å². The molecule has 2 aliphatic rings. The van der Waals surface area contributed by atoms with Crippen LogP contribution in [0, 0.1) is 5.92 Å². The molecule has 5 nitrogen and oxygen atoms in total. The number of aliphatic imine (C=N–C) groups is 1. The molecular formula is C20H41N5. The Morgan fingerprint density at radius 2 is 1.88 bits per heavy atom. The molecule has 0 aromatic rings. The molecule has 1 atom stereocenters. The molecule has 2 heterocycles. The van der Waals surface area contributed by atoms with Crippen molar-refractivity contribution in [2.24, 2.45) is 10.9 Å². The number of nitrogens with zero attached hydrogens (tertiary/aromatic N) is 3. The fourth-order valence-corrected chi connectivity index (χ4v) is 4.07. The monoisotopic (exact) mass is 351 g/mol. The minimum atomic E-state index is 0.574. The van der Waals surface area contributed by atoms with Crippen LogP contribution < -0.4 is 10.6 Å². The van der Waals surface area contributed by atoms with E-state index in [1.807, 2.05) is 0 Å². The van der Waals surface area contributed by atoms with E-state index in [4.69, 9.17) is 4.99 Å². The molecule has 0 saturated carbocycles. The third kappa shape index (κ3) is 7.14. The first-order chi connectivity index (χ1) is 12.1. The van der Waals surface area contributed by atoms with Crippen molar-refractivity contribution in [1.82, 2.24) is 20.4 Å². The Bertz CT molecular complexity index is 388. The zero-order chi connectivity index (χ0) is 18.1.